The Balaban J connectivity index is 2.61. The average Bonchev–Trinajstić information content (AvgIpc) is 2.33. The van der Waals surface area contributed by atoms with Gasteiger partial charge in [0, 0.05) is 11.6 Å². The number of phenols is 2. The van der Waals surface area contributed by atoms with Crippen molar-refractivity contribution in [3.63, 3.8) is 0 Å². The van der Waals surface area contributed by atoms with Crippen LogP contribution in [-0.4, -0.2) is 30.1 Å². The first-order valence-electron chi connectivity index (χ1n) is 4.35. The Morgan fingerprint density at radius 2 is 2.12 bits per heavy atom. The Labute approximate surface area is 94.4 Å². The summed E-state index contributed by atoms with van der Waals surface area (Å²) in [5, 5.41) is 29.3. The third kappa shape index (κ3) is 1.95. The van der Waals surface area contributed by atoms with Crippen LogP contribution in [-0.2, 0) is 0 Å². The van der Waals surface area contributed by atoms with Gasteiger partial charge in [-0.25, -0.2) is 15.0 Å². The van der Waals surface area contributed by atoms with E-state index < -0.39 is 22.1 Å². The zero-order chi connectivity index (χ0) is 12.4. The van der Waals surface area contributed by atoms with Gasteiger partial charge in [0.15, 0.2) is 11.6 Å². The second-order valence-corrected chi connectivity index (χ2v) is 3.03. The van der Waals surface area contributed by atoms with E-state index in [-0.39, 0.29) is 11.4 Å². The van der Waals surface area contributed by atoms with Crippen molar-refractivity contribution in [3.8, 4) is 22.9 Å². The maximum atomic E-state index is 10.6. The number of nitro groups is 1. The van der Waals surface area contributed by atoms with E-state index in [0.29, 0.717) is 0 Å². The van der Waals surface area contributed by atoms with Crippen molar-refractivity contribution >= 4 is 5.69 Å². The average molecular weight is 233 g/mol. The van der Waals surface area contributed by atoms with E-state index in [4.69, 9.17) is 0 Å². The summed E-state index contributed by atoms with van der Waals surface area (Å²) in [4.78, 5) is 20.7. The van der Waals surface area contributed by atoms with Gasteiger partial charge in [0.1, 0.15) is 6.33 Å². The minimum absolute atomic E-state index is 0.110. The van der Waals surface area contributed by atoms with Crippen molar-refractivity contribution in [2.24, 2.45) is 0 Å². The molecule has 1 aromatic carbocycles. The van der Waals surface area contributed by atoms with Crippen LogP contribution in [0.3, 0.4) is 0 Å². The zero-order valence-corrected chi connectivity index (χ0v) is 8.23. The van der Waals surface area contributed by atoms with Gasteiger partial charge in [-0.3, -0.25) is 10.1 Å². The lowest BCUT2D eigenvalue weighted by Gasteiger charge is -2.02. The normalized spacial score (nSPS) is 10.1. The molecule has 0 spiro atoms. The number of rotatable bonds is 2. The van der Waals surface area contributed by atoms with Crippen LogP contribution >= 0.6 is 0 Å². The summed E-state index contributed by atoms with van der Waals surface area (Å²) in [5.74, 6) is -1.30. The summed E-state index contributed by atoms with van der Waals surface area (Å²) in [5.41, 5.74) is -0.439. The van der Waals surface area contributed by atoms with Gasteiger partial charge in [0.25, 0.3) is 0 Å². The molecule has 8 nitrogen and oxygen atoms in total. The standard InChI is InChI=1S/C9H5N4O4/c14-7-2-5(9-11-3-10-4-12-9)1-6(8(7)15)13(16)17/h1-3,14-15H. The van der Waals surface area contributed by atoms with Crippen molar-refractivity contribution in [2.75, 3.05) is 0 Å². The van der Waals surface area contributed by atoms with Gasteiger partial charge in [-0.15, -0.1) is 0 Å². The second-order valence-electron chi connectivity index (χ2n) is 3.03. The monoisotopic (exact) mass is 233 g/mol. The van der Waals surface area contributed by atoms with Gasteiger partial charge < -0.3 is 10.2 Å². The maximum Gasteiger partial charge on any atom is 0.315 e. The van der Waals surface area contributed by atoms with Crippen LogP contribution in [0.1, 0.15) is 0 Å². The molecule has 1 aromatic heterocycles. The van der Waals surface area contributed by atoms with Gasteiger partial charge in [0.05, 0.1) is 4.92 Å². The number of nitrogens with zero attached hydrogens (tertiary/aromatic N) is 4. The fraction of sp³-hybridized carbons (Fsp3) is 0. The Morgan fingerprint density at radius 1 is 1.35 bits per heavy atom. The topological polar surface area (TPSA) is 122 Å². The molecule has 0 atom stereocenters. The molecule has 85 valence electrons. The molecule has 0 aliphatic carbocycles. The van der Waals surface area contributed by atoms with E-state index in [2.05, 4.69) is 21.3 Å². The molecule has 0 aliphatic heterocycles. The number of benzene rings is 1. The minimum atomic E-state index is -0.816. The molecular formula is C9H5N4O4. The van der Waals surface area contributed by atoms with E-state index >= 15 is 0 Å². The lowest BCUT2D eigenvalue weighted by atomic mass is 10.1. The zero-order valence-electron chi connectivity index (χ0n) is 8.23. The molecule has 2 rings (SSSR count). The van der Waals surface area contributed by atoms with Crippen LogP contribution in [0.25, 0.3) is 11.4 Å². The van der Waals surface area contributed by atoms with Crippen molar-refractivity contribution in [3.05, 3.63) is 34.9 Å². The number of aromatic nitrogens is 3. The number of phenolic OH excluding ortho intramolecular Hbond substituents is 2. The number of aromatic hydroxyl groups is 2. The summed E-state index contributed by atoms with van der Waals surface area (Å²) in [6.07, 6.45) is 3.43. The predicted molar refractivity (Wildman–Crippen MR) is 54.1 cm³/mol. The number of hydrogen-bond acceptors (Lipinski definition) is 7. The van der Waals surface area contributed by atoms with Crippen molar-refractivity contribution in [1.82, 2.24) is 15.0 Å². The first-order valence-corrected chi connectivity index (χ1v) is 4.35. The SMILES string of the molecule is O=[N+]([O-])c1cc(-c2n[c]ncn2)cc(O)c1O. The Morgan fingerprint density at radius 3 is 2.71 bits per heavy atom. The van der Waals surface area contributed by atoms with Gasteiger partial charge in [-0.05, 0) is 6.07 Å². The fourth-order valence-corrected chi connectivity index (χ4v) is 1.23. The predicted octanol–water partition coefficient (Wildman–Crippen LogP) is 0.658. The smallest absolute Gasteiger partial charge is 0.315 e. The summed E-state index contributed by atoms with van der Waals surface area (Å²) < 4.78 is 0. The van der Waals surface area contributed by atoms with Crippen molar-refractivity contribution < 1.29 is 15.1 Å². The Hall–Kier alpha value is -2.77. The fourth-order valence-electron chi connectivity index (χ4n) is 1.23. The van der Waals surface area contributed by atoms with Crippen LogP contribution in [0.15, 0.2) is 18.5 Å². The maximum absolute atomic E-state index is 10.6. The van der Waals surface area contributed by atoms with Crippen LogP contribution < -0.4 is 0 Å². The summed E-state index contributed by atoms with van der Waals surface area (Å²) in [7, 11) is 0. The molecule has 0 amide bonds. The highest BCUT2D eigenvalue weighted by Crippen LogP contribution is 2.38. The highest BCUT2D eigenvalue weighted by Gasteiger charge is 2.20. The van der Waals surface area contributed by atoms with Gasteiger partial charge in [-0.2, -0.15) is 0 Å². The molecule has 0 fully saturated rings. The number of hydrogen-bond donors (Lipinski definition) is 2. The molecule has 1 heterocycles. The first kappa shape index (κ1) is 10.7. The van der Waals surface area contributed by atoms with E-state index in [9.17, 15) is 20.3 Å². The largest absolute Gasteiger partial charge is 0.504 e. The molecule has 17 heavy (non-hydrogen) atoms. The quantitative estimate of drug-likeness (QED) is 0.443. The Kier molecular flexibility index (Phi) is 2.53. The van der Waals surface area contributed by atoms with E-state index in [1.54, 1.807) is 0 Å². The Bertz CT molecular complexity index is 573. The molecule has 0 saturated heterocycles. The molecule has 2 aromatic rings. The van der Waals surface area contributed by atoms with Crippen molar-refractivity contribution in [2.45, 2.75) is 0 Å². The van der Waals surface area contributed by atoms with E-state index in [1.165, 1.54) is 0 Å². The molecule has 0 saturated carbocycles. The second kappa shape index (κ2) is 4.00. The van der Waals surface area contributed by atoms with Crippen LogP contribution in [0.2, 0.25) is 0 Å². The summed E-state index contributed by atoms with van der Waals surface area (Å²) >= 11 is 0. The van der Waals surface area contributed by atoms with E-state index in [1.807, 2.05) is 0 Å². The minimum Gasteiger partial charge on any atom is -0.504 e. The molecular weight excluding hydrogens is 228 g/mol. The molecule has 0 aliphatic rings. The third-order valence-electron chi connectivity index (χ3n) is 1.98. The number of nitro benzene ring substituents is 1. The first-order chi connectivity index (χ1) is 8.09. The van der Waals surface area contributed by atoms with Gasteiger partial charge >= 0.3 is 5.69 Å². The molecule has 8 heteroatoms. The third-order valence-corrected chi connectivity index (χ3v) is 1.98. The van der Waals surface area contributed by atoms with Gasteiger partial charge in [0.2, 0.25) is 12.1 Å². The highest BCUT2D eigenvalue weighted by atomic mass is 16.6. The lowest BCUT2D eigenvalue weighted by molar-refractivity contribution is -0.385. The van der Waals surface area contributed by atoms with Crippen LogP contribution in [0.5, 0.6) is 11.5 Å². The summed E-state index contributed by atoms with van der Waals surface area (Å²) in [6.45, 7) is 0. The van der Waals surface area contributed by atoms with Crippen LogP contribution in [0.4, 0.5) is 5.69 Å². The molecule has 0 unspecified atom stereocenters. The highest BCUT2D eigenvalue weighted by molar-refractivity contribution is 5.67. The molecule has 0 bridgehead atoms. The van der Waals surface area contributed by atoms with Gasteiger partial charge in [-0.1, -0.05) is 0 Å². The van der Waals surface area contributed by atoms with Crippen molar-refractivity contribution in [1.29, 1.82) is 0 Å². The lowest BCUT2D eigenvalue weighted by Crippen LogP contribution is -1.93. The van der Waals surface area contributed by atoms with Crippen LogP contribution in [0, 0.1) is 16.4 Å². The molecule has 1 radical (unpaired) electrons. The molecule has 2 N–H and O–H groups in total. The summed E-state index contributed by atoms with van der Waals surface area (Å²) in [6, 6.07) is 2.17. The van der Waals surface area contributed by atoms with E-state index in [0.717, 1.165) is 18.5 Å².